The molecule has 20 heavy (non-hydrogen) atoms. The number of benzene rings is 1. The van der Waals surface area contributed by atoms with Gasteiger partial charge in [-0.15, -0.1) is 0 Å². The van der Waals surface area contributed by atoms with Crippen LogP contribution >= 0.6 is 11.8 Å². The van der Waals surface area contributed by atoms with Crippen LogP contribution in [0.15, 0.2) is 23.1 Å². The van der Waals surface area contributed by atoms with Crippen LogP contribution in [0.3, 0.4) is 0 Å². The maximum absolute atomic E-state index is 12.3. The van der Waals surface area contributed by atoms with Crippen molar-refractivity contribution < 1.29 is 8.42 Å². The van der Waals surface area contributed by atoms with Crippen LogP contribution in [0.5, 0.6) is 0 Å². The number of nitrogens with two attached hydrogens (primary N) is 1. The molecule has 0 bridgehead atoms. The molecule has 0 aromatic heterocycles. The monoisotopic (exact) mass is 314 g/mol. The highest BCUT2D eigenvalue weighted by atomic mass is 32.2. The van der Waals surface area contributed by atoms with Gasteiger partial charge in [-0.05, 0) is 43.2 Å². The predicted octanol–water partition coefficient (Wildman–Crippen LogP) is 2.40. The second-order valence-electron chi connectivity index (χ2n) is 5.28. The van der Waals surface area contributed by atoms with Crippen LogP contribution in [-0.2, 0) is 16.4 Å². The summed E-state index contributed by atoms with van der Waals surface area (Å²) in [5.74, 6) is 0. The summed E-state index contributed by atoms with van der Waals surface area (Å²) in [4.78, 5) is 0.253. The number of anilines is 1. The van der Waals surface area contributed by atoms with Crippen LogP contribution in [0.1, 0.15) is 31.7 Å². The molecule has 1 aromatic rings. The van der Waals surface area contributed by atoms with E-state index in [0.29, 0.717) is 12.2 Å². The third kappa shape index (κ3) is 3.13. The van der Waals surface area contributed by atoms with E-state index in [9.17, 15) is 8.42 Å². The lowest BCUT2D eigenvalue weighted by Gasteiger charge is -2.40. The molecule has 1 fully saturated rings. The Morgan fingerprint density at radius 1 is 1.40 bits per heavy atom. The normalized spacial score (nSPS) is 17.7. The van der Waals surface area contributed by atoms with Gasteiger partial charge >= 0.3 is 0 Å². The van der Waals surface area contributed by atoms with Gasteiger partial charge in [0.15, 0.2) is 0 Å². The Labute approximate surface area is 125 Å². The van der Waals surface area contributed by atoms with Crippen molar-refractivity contribution in [2.45, 2.75) is 42.2 Å². The molecule has 1 aliphatic rings. The van der Waals surface area contributed by atoms with E-state index in [1.807, 2.05) is 13.2 Å². The molecule has 0 atom stereocenters. The first-order valence-corrected chi connectivity index (χ1v) is 9.56. The smallest absolute Gasteiger partial charge is 0.240 e. The van der Waals surface area contributed by atoms with Gasteiger partial charge in [-0.25, -0.2) is 13.1 Å². The van der Waals surface area contributed by atoms with Gasteiger partial charge in [0, 0.05) is 17.0 Å². The van der Waals surface area contributed by atoms with Crippen molar-refractivity contribution >= 4 is 27.5 Å². The molecule has 0 unspecified atom stereocenters. The van der Waals surface area contributed by atoms with E-state index in [4.69, 9.17) is 5.73 Å². The zero-order valence-electron chi connectivity index (χ0n) is 12.0. The zero-order valence-corrected chi connectivity index (χ0v) is 13.6. The highest BCUT2D eigenvalue weighted by molar-refractivity contribution is 8.00. The molecular weight excluding hydrogens is 292 g/mol. The molecule has 1 aliphatic carbocycles. The Bertz CT molecular complexity index is 575. The van der Waals surface area contributed by atoms with Gasteiger partial charge in [-0.3, -0.25) is 0 Å². The van der Waals surface area contributed by atoms with Gasteiger partial charge in [0.25, 0.3) is 0 Å². The minimum atomic E-state index is -3.47. The highest BCUT2D eigenvalue weighted by Gasteiger charge is 2.37. The third-order valence-electron chi connectivity index (χ3n) is 4.09. The van der Waals surface area contributed by atoms with Crippen molar-refractivity contribution in [3.63, 3.8) is 0 Å². The average Bonchev–Trinajstić information content (AvgIpc) is 2.38. The maximum atomic E-state index is 12.3. The number of nitrogens with one attached hydrogen (secondary N) is 1. The largest absolute Gasteiger partial charge is 0.398 e. The van der Waals surface area contributed by atoms with Crippen molar-refractivity contribution in [3.8, 4) is 0 Å². The quantitative estimate of drug-likeness (QED) is 0.791. The summed E-state index contributed by atoms with van der Waals surface area (Å²) in [6.45, 7) is 2.49. The topological polar surface area (TPSA) is 72.2 Å². The van der Waals surface area contributed by atoms with E-state index in [1.165, 1.54) is 6.42 Å². The van der Waals surface area contributed by atoms with E-state index < -0.39 is 10.0 Å². The first-order chi connectivity index (χ1) is 9.42. The standard InChI is InChI=1S/C14H22N2O2S2/c1-3-11-5-6-12(9-13(11)15)20(17,18)16-10-14(19-2)7-4-8-14/h5-6,9,16H,3-4,7-8,10,15H2,1-2H3. The van der Waals surface area contributed by atoms with Gasteiger partial charge in [0.2, 0.25) is 10.0 Å². The molecule has 0 radical (unpaired) electrons. The maximum Gasteiger partial charge on any atom is 0.240 e. The molecule has 6 heteroatoms. The molecule has 0 amide bonds. The lowest BCUT2D eigenvalue weighted by Crippen LogP contribution is -2.45. The second-order valence-corrected chi connectivity index (χ2v) is 8.32. The average molecular weight is 314 g/mol. The SMILES string of the molecule is CCc1ccc(S(=O)(=O)NCC2(SC)CCC2)cc1N. The molecule has 0 spiro atoms. The molecule has 4 nitrogen and oxygen atoms in total. The van der Waals surface area contributed by atoms with Crippen molar-refractivity contribution in [2.75, 3.05) is 18.5 Å². The minimum absolute atomic E-state index is 0.0853. The molecule has 1 saturated carbocycles. The van der Waals surface area contributed by atoms with Gasteiger partial charge in [0.1, 0.15) is 0 Å². The van der Waals surface area contributed by atoms with Crippen molar-refractivity contribution in [2.24, 2.45) is 0 Å². The lowest BCUT2D eigenvalue weighted by molar-refractivity contribution is 0.362. The summed E-state index contributed by atoms with van der Waals surface area (Å²) < 4.78 is 27.4. The van der Waals surface area contributed by atoms with Gasteiger partial charge < -0.3 is 5.73 Å². The summed E-state index contributed by atoms with van der Waals surface area (Å²) in [6, 6.07) is 4.97. The molecule has 3 N–H and O–H groups in total. The number of rotatable bonds is 6. The fourth-order valence-corrected chi connectivity index (χ4v) is 4.56. The number of hydrogen-bond donors (Lipinski definition) is 2. The van der Waals surface area contributed by atoms with E-state index in [2.05, 4.69) is 4.72 Å². The van der Waals surface area contributed by atoms with Crippen LogP contribution in [0.25, 0.3) is 0 Å². The van der Waals surface area contributed by atoms with Crippen LogP contribution in [0.2, 0.25) is 0 Å². The van der Waals surface area contributed by atoms with E-state index in [0.717, 1.165) is 24.8 Å². The number of thioether (sulfide) groups is 1. The summed E-state index contributed by atoms with van der Waals surface area (Å²) in [5, 5.41) is 0. The van der Waals surface area contributed by atoms with E-state index >= 15 is 0 Å². The second kappa shape index (κ2) is 5.95. The zero-order chi connectivity index (χ0) is 14.8. The molecule has 0 heterocycles. The minimum Gasteiger partial charge on any atom is -0.398 e. The van der Waals surface area contributed by atoms with Crippen LogP contribution in [0.4, 0.5) is 5.69 Å². The van der Waals surface area contributed by atoms with Gasteiger partial charge in [-0.2, -0.15) is 11.8 Å². The summed E-state index contributed by atoms with van der Waals surface area (Å²) in [5.41, 5.74) is 7.39. The first-order valence-electron chi connectivity index (χ1n) is 6.86. The number of sulfonamides is 1. The molecule has 0 aliphatic heterocycles. The van der Waals surface area contributed by atoms with Gasteiger partial charge in [-0.1, -0.05) is 19.4 Å². The molecule has 1 aromatic carbocycles. The summed E-state index contributed by atoms with van der Waals surface area (Å²) in [6.07, 6.45) is 6.18. The van der Waals surface area contributed by atoms with Crippen molar-refractivity contribution in [3.05, 3.63) is 23.8 Å². The summed E-state index contributed by atoms with van der Waals surface area (Å²) in [7, 11) is -3.47. The highest BCUT2D eigenvalue weighted by Crippen LogP contribution is 2.42. The van der Waals surface area contributed by atoms with Crippen molar-refractivity contribution in [1.29, 1.82) is 0 Å². The Hall–Kier alpha value is -0.720. The van der Waals surface area contributed by atoms with Crippen molar-refractivity contribution in [1.82, 2.24) is 4.72 Å². The molecule has 0 saturated heterocycles. The fourth-order valence-electron chi connectivity index (χ4n) is 2.40. The van der Waals surface area contributed by atoms with Crippen LogP contribution in [-0.4, -0.2) is 26.0 Å². The number of nitrogen functional groups attached to an aromatic ring is 1. The van der Waals surface area contributed by atoms with Crippen LogP contribution < -0.4 is 10.5 Å². The molecule has 112 valence electrons. The van der Waals surface area contributed by atoms with Crippen LogP contribution in [0, 0.1) is 0 Å². The Balaban J connectivity index is 2.12. The molecular formula is C14H22N2O2S2. The Morgan fingerprint density at radius 3 is 2.55 bits per heavy atom. The predicted molar refractivity (Wildman–Crippen MR) is 85.5 cm³/mol. The Morgan fingerprint density at radius 2 is 2.10 bits per heavy atom. The summed E-state index contributed by atoms with van der Waals surface area (Å²) >= 11 is 1.75. The van der Waals surface area contributed by atoms with E-state index in [-0.39, 0.29) is 9.64 Å². The first kappa shape index (κ1) is 15.7. The number of hydrogen-bond acceptors (Lipinski definition) is 4. The van der Waals surface area contributed by atoms with E-state index in [1.54, 1.807) is 30.0 Å². The molecule has 2 rings (SSSR count). The third-order valence-corrected chi connectivity index (χ3v) is 6.91. The Kier molecular flexibility index (Phi) is 4.66. The number of aryl methyl sites for hydroxylation is 1. The van der Waals surface area contributed by atoms with Gasteiger partial charge in [0.05, 0.1) is 4.90 Å². The lowest BCUT2D eigenvalue weighted by atomic mass is 9.84. The fraction of sp³-hybridized carbons (Fsp3) is 0.571.